The van der Waals surface area contributed by atoms with Gasteiger partial charge < -0.3 is 139 Å². The van der Waals surface area contributed by atoms with Crippen molar-refractivity contribution < 1.29 is 111 Å². The van der Waals surface area contributed by atoms with Gasteiger partial charge in [0.25, 0.3) is 0 Å². The highest BCUT2D eigenvalue weighted by Gasteiger charge is 2.54. The van der Waals surface area contributed by atoms with Crippen LogP contribution in [0, 0.1) is 5.41 Å². The largest absolute Gasteiger partial charge is 0.737 e. The number of halogens is 2. The average molecular weight is 1570 g/mol. The summed E-state index contributed by atoms with van der Waals surface area (Å²) in [5.74, 6) is -13.4. The molecular formula is C69H95BF2N20O20. The fourth-order valence-electron chi connectivity index (χ4n) is 11.9. The van der Waals surface area contributed by atoms with Crippen LogP contribution in [0.2, 0.25) is 0 Å². The van der Waals surface area contributed by atoms with Crippen molar-refractivity contribution in [2.45, 2.75) is 114 Å². The quantitative estimate of drug-likeness (QED) is 0.00846. The zero-order chi connectivity index (χ0) is 82.4. The number of para-hydroxylation sites is 1. The summed E-state index contributed by atoms with van der Waals surface area (Å²) in [4.78, 5) is 183. The lowest BCUT2D eigenvalue weighted by molar-refractivity contribution is -0.362. The Hall–Kier alpha value is -12.2. The van der Waals surface area contributed by atoms with E-state index in [1.165, 1.54) is 7.11 Å². The highest BCUT2D eigenvalue weighted by Crippen LogP contribution is 2.41. The summed E-state index contributed by atoms with van der Waals surface area (Å²) in [6, 6.07) is 6.01. The lowest BCUT2D eigenvalue weighted by Crippen LogP contribution is -2.58. The molecule has 4 aromatic rings. The predicted octanol–water partition coefficient (Wildman–Crippen LogP) is -7.59. The number of allylic oxidation sites excluding steroid dienone is 2. The second-order valence-electron chi connectivity index (χ2n) is 25.8. The fraction of sp³-hybridized carbons (Fsp3) is 0.449. The van der Waals surface area contributed by atoms with Gasteiger partial charge in [-0.1, -0.05) is 24.6 Å². The van der Waals surface area contributed by atoms with Crippen LogP contribution in [0.1, 0.15) is 76.5 Å². The molecule has 2 aliphatic rings. The number of aliphatic hydroxyl groups is 5. The predicted molar refractivity (Wildman–Crippen MR) is 396 cm³/mol. The normalized spacial score (nSPS) is 14.4. The van der Waals surface area contributed by atoms with E-state index in [4.69, 9.17) is 21.6 Å². The van der Waals surface area contributed by atoms with Crippen LogP contribution >= 0.6 is 0 Å². The molecular weight excluding hydrogens is 1480 g/mol. The van der Waals surface area contributed by atoms with Crippen LogP contribution in [0.25, 0.3) is 28.2 Å². The molecule has 0 radical (unpaired) electrons. The van der Waals surface area contributed by atoms with Crippen molar-refractivity contribution in [3.05, 3.63) is 95.0 Å². The van der Waals surface area contributed by atoms with Crippen LogP contribution in [0.3, 0.4) is 0 Å². The first-order valence-electron chi connectivity index (χ1n) is 35.5. The van der Waals surface area contributed by atoms with Gasteiger partial charge in [-0.05, 0) is 92.6 Å². The van der Waals surface area contributed by atoms with E-state index >= 15 is 8.63 Å². The number of nitrogens with one attached hydrogen (secondary N) is 16. The maximum absolute atomic E-state index is 16.5. The molecule has 2 aromatic carbocycles. The number of aromatic nitrogens is 2. The van der Waals surface area contributed by atoms with Gasteiger partial charge in [-0.3, -0.25) is 72.5 Å². The van der Waals surface area contributed by atoms with Gasteiger partial charge in [-0.15, -0.1) is 0 Å². The van der Waals surface area contributed by atoms with Gasteiger partial charge in [0.05, 0.1) is 72.9 Å². The lowest BCUT2D eigenvalue weighted by Gasteiger charge is -2.31. The molecule has 0 fully saturated rings. The molecule has 4 heterocycles. The minimum absolute atomic E-state index is 0.00982. The monoisotopic (exact) mass is 1570 g/mol. The summed E-state index contributed by atoms with van der Waals surface area (Å²) >= 11 is 0. The maximum atomic E-state index is 16.5. The number of hydrogen-bond donors (Lipinski definition) is 23. The number of benzene rings is 2. The van der Waals surface area contributed by atoms with Crippen molar-refractivity contribution in [3.63, 3.8) is 0 Å². The van der Waals surface area contributed by atoms with E-state index in [-0.39, 0.29) is 63.5 Å². The number of H-pyrrole nitrogens is 1. The van der Waals surface area contributed by atoms with E-state index in [9.17, 15) is 92.7 Å². The van der Waals surface area contributed by atoms with Crippen molar-refractivity contribution in [1.82, 2.24) is 83.9 Å². The number of nitrogens with zero attached hydrogens (tertiary/aromatic N) is 2. The second-order valence-corrected chi connectivity index (χ2v) is 25.8. The number of ether oxygens (including phenoxy) is 1. The molecule has 0 spiro atoms. The molecule has 43 heteroatoms. The maximum Gasteiger partial charge on any atom is 0.737 e. The molecule has 0 bridgehead atoms. The number of unbranched alkanes of at least 4 members (excludes halogenated alkanes) is 2. The van der Waals surface area contributed by atoms with Gasteiger partial charge in [-0.2, -0.15) is 0 Å². The molecule has 608 valence electrons. The summed E-state index contributed by atoms with van der Waals surface area (Å²) in [6.07, 6.45) is 4.96. The van der Waals surface area contributed by atoms with Gasteiger partial charge in [-0.25, -0.2) is 0 Å². The van der Waals surface area contributed by atoms with E-state index in [0.717, 1.165) is 19.9 Å². The molecule has 2 aliphatic heterocycles. The highest BCUT2D eigenvalue weighted by atomic mass is 19.2. The Kier molecular flexibility index (Phi) is 34.2. The molecule has 0 saturated heterocycles. The zero-order valence-corrected chi connectivity index (χ0v) is 61.6. The van der Waals surface area contributed by atoms with Crippen LogP contribution in [-0.2, 0) is 73.5 Å². The first-order valence-corrected chi connectivity index (χ1v) is 35.5. The second kappa shape index (κ2) is 43.2. The Balaban J connectivity index is 0.817. The average Bonchev–Trinajstić information content (AvgIpc) is 1.55. The Labute approximate surface area is 639 Å². The van der Waals surface area contributed by atoms with Crippen molar-refractivity contribution in [2.75, 3.05) is 86.0 Å². The molecule has 112 heavy (non-hydrogen) atoms. The number of aromatic amines is 1. The topological polar surface area (TPSA) is 617 Å². The van der Waals surface area contributed by atoms with Crippen LogP contribution in [0.15, 0.2) is 83.7 Å². The molecule has 0 aliphatic carbocycles. The minimum Gasteiger partial charge on any atom is -0.497 e. The number of nitrogens with two attached hydrogens (primary N) is 2. The number of aliphatic hydroxyl groups excluding tert-OH is 5. The van der Waals surface area contributed by atoms with Gasteiger partial charge in [0.15, 0.2) is 11.7 Å². The number of rotatable bonds is 46. The van der Waals surface area contributed by atoms with Gasteiger partial charge in [0.2, 0.25) is 82.7 Å². The molecule has 2 aromatic heterocycles. The lowest BCUT2D eigenvalue weighted by atomic mass is 9.89. The fourth-order valence-corrected chi connectivity index (χ4v) is 11.9. The smallest absolute Gasteiger partial charge is 0.497 e. The zero-order valence-electron chi connectivity index (χ0n) is 61.6. The van der Waals surface area contributed by atoms with Crippen LogP contribution in [0.4, 0.5) is 8.63 Å². The molecule has 6 rings (SSSR count). The third kappa shape index (κ3) is 25.7. The van der Waals surface area contributed by atoms with Crippen molar-refractivity contribution in [2.24, 2.45) is 11.5 Å². The molecule has 25 N–H and O–H groups in total. The number of guanidine groups is 1. The van der Waals surface area contributed by atoms with Gasteiger partial charge >= 0.3 is 6.97 Å². The molecule has 0 saturated carbocycles. The van der Waals surface area contributed by atoms with E-state index in [2.05, 4.69) is 79.4 Å². The Bertz CT molecular complexity index is 4230. The molecule has 14 amide bonds. The van der Waals surface area contributed by atoms with E-state index < -0.39 is 192 Å². The first kappa shape index (κ1) is 88.7. The van der Waals surface area contributed by atoms with Crippen LogP contribution in [0.5, 0.6) is 5.75 Å². The van der Waals surface area contributed by atoms with Crippen molar-refractivity contribution in [3.8, 4) is 17.0 Å². The van der Waals surface area contributed by atoms with Crippen LogP contribution in [-0.4, -0.2) is 269 Å². The van der Waals surface area contributed by atoms with E-state index in [1.54, 1.807) is 86.8 Å². The number of amides is 14. The number of hydrogen-bond acceptors (Lipinski definition) is 21. The summed E-state index contributed by atoms with van der Waals surface area (Å²) in [6.45, 7) is -10.0. The Morgan fingerprint density at radius 1 is 0.527 bits per heavy atom. The summed E-state index contributed by atoms with van der Waals surface area (Å²) in [5.41, 5.74) is 15.7. The molecule has 0 unspecified atom stereocenters. The van der Waals surface area contributed by atoms with Crippen LogP contribution < -0.4 is 90.6 Å². The number of carbonyl (C=O) groups is 14. The first-order chi connectivity index (χ1) is 53.4. The Morgan fingerprint density at radius 2 is 0.991 bits per heavy atom. The van der Waals surface area contributed by atoms with Gasteiger partial charge in [0, 0.05) is 85.0 Å². The van der Waals surface area contributed by atoms with E-state index in [0.29, 0.717) is 70.1 Å². The summed E-state index contributed by atoms with van der Waals surface area (Å²) < 4.78 is 40.3. The van der Waals surface area contributed by atoms with E-state index in [1.807, 2.05) is 0 Å². The third-order valence-corrected chi connectivity index (χ3v) is 17.8. The number of primary amides is 1. The number of carbonyl (C=O) groups excluding carboxylic acids is 14. The summed E-state index contributed by atoms with van der Waals surface area (Å²) in [7, 11) is 1.52. The highest BCUT2D eigenvalue weighted by molar-refractivity contribution is 6.58. The van der Waals surface area contributed by atoms with Crippen molar-refractivity contribution in [1.29, 1.82) is 5.41 Å². The molecule has 7 atom stereocenters. The third-order valence-electron chi connectivity index (χ3n) is 17.8. The van der Waals surface area contributed by atoms with Gasteiger partial charge in [0.1, 0.15) is 53.8 Å². The SMILES string of the molecule is COc1ccc(-c2ccc3n2[B-](F)(F)[N+]2=C(C)C(CCC(=O)NCCCCCC(=O)NCC(=O)N[C@@H](CO)C(=O)NCC(=O)N[C@@H](CO)C(=O)NCC(=O)N[C@@H](CO)C(=O)NCC(=O)N[C@@H](CO)C(=O)NCC(=O)N[C@@H](CO)C(=O)N[C@@H](CCCNC(=N)N)C(=O)N[C@@H](Cc4c[nH]c5ccccc45)C(N)=O)=C(C)C2=C3)cc1. The molecule has 40 nitrogen and oxygen atoms in total. The Morgan fingerprint density at radius 3 is 1.48 bits per heavy atom. The number of methoxy groups -OCH3 is 1. The summed E-state index contributed by atoms with van der Waals surface area (Å²) in [5, 5.41) is 89.1. The van der Waals surface area contributed by atoms with Crippen molar-refractivity contribution >= 4 is 118 Å². The number of fused-ring (bicyclic) bond motifs is 3. The minimum atomic E-state index is -4.29. The standard InChI is InChI=1S/C69H95BF2N20O20/c1-37-43(38(2)91-54(37)25-41-16-20-53(92(41)70(91,71)72)39-14-17-42(112-3)18-15-39)19-21-56(99)76-22-8-4-5-13-55(98)79-27-57(100)84-48(32-93)63(106)80-28-58(101)85-49(33-94)64(107)81-29-59(102)86-50(34-95)65(108)82-30-60(103)87-51(35-96)66(109)83-31-61(104)88-52(36-97)68(111)89-46(12-9-23-77-69(74)75)67(110)90-47(62(73)105)24-40-26-78-45-11-7-6-10-44(40)45/h6-7,10-11,14-18,20,25-26,46-52,78,93-97H,4-5,8-9,12-13,19,21-24,27-36H2,1-3H3,(H2,73,105)(H,76,99)(H,79,98)(H,80,106)(H,81,107)(H,82,108)(H,83,109)(H,84,100)(H,85,101)(H,86,102)(H,87,103)(H,88,104)(H,89,111)(H,90,110)(H4,74,75,77)/t46-,47-,48-,49-,50-,51-,52-/m0/s1.